The van der Waals surface area contributed by atoms with Crippen LogP contribution in [0.1, 0.15) is 12.0 Å². The van der Waals surface area contributed by atoms with Crippen molar-refractivity contribution < 1.29 is 9.59 Å². The van der Waals surface area contributed by atoms with Gasteiger partial charge in [0.2, 0.25) is 11.8 Å². The van der Waals surface area contributed by atoms with Crippen LogP contribution in [0.15, 0.2) is 45.9 Å². The van der Waals surface area contributed by atoms with Crippen LogP contribution < -0.4 is 10.6 Å². The van der Waals surface area contributed by atoms with E-state index in [4.69, 9.17) is 0 Å². The average Bonchev–Trinajstić information content (AvgIpc) is 3.34. The maximum Gasteiger partial charge on any atom is 0.233 e. The van der Waals surface area contributed by atoms with Crippen LogP contribution in [0.3, 0.4) is 0 Å². The lowest BCUT2D eigenvalue weighted by Crippen LogP contribution is -2.43. The summed E-state index contributed by atoms with van der Waals surface area (Å²) < 4.78 is 1.03. The normalized spacial score (nSPS) is 27.8. The Hall–Kier alpha value is -1.42. The number of nitrogens with zero attached hydrogens (tertiary/aromatic N) is 2. The Morgan fingerprint density at radius 1 is 1.18 bits per heavy atom. The van der Waals surface area contributed by atoms with Crippen molar-refractivity contribution in [3.05, 3.63) is 46.5 Å². The predicted molar refractivity (Wildman–Crippen MR) is 122 cm³/mol. The van der Waals surface area contributed by atoms with Gasteiger partial charge in [0, 0.05) is 31.2 Å². The van der Waals surface area contributed by atoms with E-state index >= 15 is 0 Å². The van der Waals surface area contributed by atoms with Crippen LogP contribution in [0.5, 0.6) is 0 Å². The number of carbonyl (C=O) groups excluding carboxylic acids is 2. The van der Waals surface area contributed by atoms with Gasteiger partial charge in [0.15, 0.2) is 5.96 Å². The summed E-state index contributed by atoms with van der Waals surface area (Å²) >= 11 is 3.46. The van der Waals surface area contributed by atoms with Crippen molar-refractivity contribution in [2.45, 2.75) is 13.0 Å². The summed E-state index contributed by atoms with van der Waals surface area (Å²) in [5.41, 5.74) is 1.13. The molecule has 2 bridgehead atoms. The van der Waals surface area contributed by atoms with E-state index in [0.717, 1.165) is 16.5 Å². The highest BCUT2D eigenvalue weighted by molar-refractivity contribution is 14.0. The standard InChI is InChI=1S/C20H23BrN4O2.HI/c1-22-20(24-11-12-3-2-4-15(21)9-12)23-7-8-25-18(26)16-13-5-6-14(10-13)17(16)19(25)27;/h2-6,9,13-14,16-17H,7-8,10-11H2,1H3,(H2,22,23,24);1H. The van der Waals surface area contributed by atoms with Crippen molar-refractivity contribution in [2.75, 3.05) is 20.1 Å². The molecule has 6 nitrogen and oxygen atoms in total. The zero-order valence-electron chi connectivity index (χ0n) is 15.6. The molecule has 4 unspecified atom stereocenters. The lowest BCUT2D eigenvalue weighted by Gasteiger charge is -2.18. The molecule has 1 saturated carbocycles. The van der Waals surface area contributed by atoms with Gasteiger partial charge in [-0.25, -0.2) is 0 Å². The van der Waals surface area contributed by atoms with Crippen LogP contribution in [0.25, 0.3) is 0 Å². The molecule has 4 rings (SSSR count). The van der Waals surface area contributed by atoms with Crippen LogP contribution in [-0.4, -0.2) is 42.8 Å². The van der Waals surface area contributed by atoms with Gasteiger partial charge in [-0.05, 0) is 36.0 Å². The molecule has 8 heteroatoms. The van der Waals surface area contributed by atoms with Gasteiger partial charge in [-0.2, -0.15) is 0 Å². The molecule has 0 spiro atoms. The highest BCUT2D eigenvalue weighted by Crippen LogP contribution is 2.52. The first-order chi connectivity index (χ1) is 13.1. The maximum absolute atomic E-state index is 12.7. The van der Waals surface area contributed by atoms with E-state index in [-0.39, 0.29) is 59.5 Å². The Balaban J connectivity index is 0.00000225. The summed E-state index contributed by atoms with van der Waals surface area (Å²) in [4.78, 5) is 31.0. The molecule has 1 aromatic rings. The van der Waals surface area contributed by atoms with Crippen LogP contribution >= 0.6 is 39.9 Å². The van der Waals surface area contributed by atoms with E-state index in [1.54, 1.807) is 7.05 Å². The average molecular weight is 559 g/mol. The van der Waals surface area contributed by atoms with Crippen molar-refractivity contribution in [3.63, 3.8) is 0 Å². The number of halogens is 2. The zero-order chi connectivity index (χ0) is 19.0. The van der Waals surface area contributed by atoms with E-state index in [9.17, 15) is 9.59 Å². The maximum atomic E-state index is 12.7. The molecule has 28 heavy (non-hydrogen) atoms. The van der Waals surface area contributed by atoms with Gasteiger partial charge in [0.1, 0.15) is 0 Å². The number of guanidine groups is 1. The number of allylic oxidation sites excluding steroid dienone is 2. The summed E-state index contributed by atoms with van der Waals surface area (Å²) in [5.74, 6) is 0.920. The monoisotopic (exact) mass is 558 g/mol. The number of imide groups is 1. The van der Waals surface area contributed by atoms with Gasteiger partial charge in [-0.1, -0.05) is 40.2 Å². The van der Waals surface area contributed by atoms with Crippen LogP contribution in [0.2, 0.25) is 0 Å². The molecule has 2 N–H and O–H groups in total. The molecule has 2 fully saturated rings. The molecule has 4 atom stereocenters. The number of amides is 2. The largest absolute Gasteiger partial charge is 0.355 e. The van der Waals surface area contributed by atoms with E-state index in [1.165, 1.54) is 4.90 Å². The second-order valence-corrected chi connectivity index (χ2v) is 8.23. The van der Waals surface area contributed by atoms with Gasteiger partial charge in [0.05, 0.1) is 11.8 Å². The van der Waals surface area contributed by atoms with Crippen molar-refractivity contribution in [3.8, 4) is 0 Å². The molecule has 1 heterocycles. The third-order valence-electron chi connectivity index (χ3n) is 5.76. The van der Waals surface area contributed by atoms with Crippen molar-refractivity contribution in [1.82, 2.24) is 15.5 Å². The smallest absolute Gasteiger partial charge is 0.233 e. The fourth-order valence-electron chi connectivity index (χ4n) is 4.52. The molecule has 0 aromatic heterocycles. The SMILES string of the molecule is CN=C(NCCN1C(=O)C2C3C=CC(C3)C2C1=O)NCc1cccc(Br)c1.I. The summed E-state index contributed by atoms with van der Waals surface area (Å²) in [6.07, 6.45) is 5.20. The van der Waals surface area contributed by atoms with E-state index < -0.39 is 0 Å². The molecular weight excluding hydrogens is 535 g/mol. The Bertz CT molecular complexity index is 798. The fourth-order valence-corrected chi connectivity index (χ4v) is 4.97. The molecule has 0 radical (unpaired) electrons. The van der Waals surface area contributed by atoms with Gasteiger partial charge in [-0.15, -0.1) is 24.0 Å². The van der Waals surface area contributed by atoms with Crippen molar-refractivity contribution >= 4 is 57.7 Å². The molecular formula is C20H24BrIN4O2. The minimum Gasteiger partial charge on any atom is -0.355 e. The highest BCUT2D eigenvalue weighted by Gasteiger charge is 2.58. The lowest BCUT2D eigenvalue weighted by molar-refractivity contribution is -0.140. The van der Waals surface area contributed by atoms with Gasteiger partial charge in [-0.3, -0.25) is 19.5 Å². The van der Waals surface area contributed by atoms with Crippen LogP contribution in [0.4, 0.5) is 0 Å². The Morgan fingerprint density at radius 3 is 2.46 bits per heavy atom. The van der Waals surface area contributed by atoms with Gasteiger partial charge in [0.25, 0.3) is 0 Å². The zero-order valence-corrected chi connectivity index (χ0v) is 19.5. The van der Waals surface area contributed by atoms with Gasteiger partial charge < -0.3 is 10.6 Å². The van der Waals surface area contributed by atoms with E-state index in [1.807, 2.05) is 24.3 Å². The first-order valence-corrected chi connectivity index (χ1v) is 10.1. The number of aliphatic imine (C=N–C) groups is 1. The van der Waals surface area contributed by atoms with Crippen LogP contribution in [0, 0.1) is 23.7 Å². The number of rotatable bonds is 5. The Morgan fingerprint density at radius 2 is 1.86 bits per heavy atom. The molecule has 1 aromatic carbocycles. The minimum absolute atomic E-state index is 0. The first kappa shape index (κ1) is 21.3. The summed E-state index contributed by atoms with van der Waals surface area (Å²) in [5, 5.41) is 6.44. The third-order valence-corrected chi connectivity index (χ3v) is 6.26. The summed E-state index contributed by atoms with van der Waals surface area (Å²) in [6.45, 7) is 1.50. The van der Waals surface area contributed by atoms with Gasteiger partial charge >= 0.3 is 0 Å². The fraction of sp³-hybridized carbons (Fsp3) is 0.450. The number of carbonyl (C=O) groups is 2. The predicted octanol–water partition coefficient (Wildman–Crippen LogP) is 2.54. The highest BCUT2D eigenvalue weighted by atomic mass is 127. The number of likely N-dealkylation sites (tertiary alicyclic amines) is 1. The number of fused-ring (bicyclic) bond motifs is 5. The molecule has 1 aliphatic heterocycles. The number of benzene rings is 1. The topological polar surface area (TPSA) is 73.8 Å². The number of nitrogens with one attached hydrogen (secondary N) is 2. The quantitative estimate of drug-likeness (QED) is 0.191. The van der Waals surface area contributed by atoms with Crippen LogP contribution in [-0.2, 0) is 16.1 Å². The first-order valence-electron chi connectivity index (χ1n) is 9.31. The summed E-state index contributed by atoms with van der Waals surface area (Å²) in [7, 11) is 1.70. The molecule has 1 saturated heterocycles. The molecule has 2 aliphatic carbocycles. The van der Waals surface area contributed by atoms with E-state index in [2.05, 4.69) is 43.7 Å². The Labute approximate surface area is 190 Å². The van der Waals surface area contributed by atoms with Crippen molar-refractivity contribution in [1.29, 1.82) is 0 Å². The number of hydrogen-bond donors (Lipinski definition) is 2. The Kier molecular flexibility index (Phi) is 6.80. The number of hydrogen-bond acceptors (Lipinski definition) is 3. The van der Waals surface area contributed by atoms with Crippen molar-refractivity contribution in [2.24, 2.45) is 28.7 Å². The minimum atomic E-state index is -0.124. The lowest BCUT2D eigenvalue weighted by atomic mass is 9.85. The molecule has 150 valence electrons. The third kappa shape index (κ3) is 3.98. The summed E-state index contributed by atoms with van der Waals surface area (Å²) in [6, 6.07) is 8.05. The molecule has 3 aliphatic rings. The van der Waals surface area contributed by atoms with E-state index in [0.29, 0.717) is 25.6 Å². The second-order valence-electron chi connectivity index (χ2n) is 7.31. The molecule has 2 amide bonds. The second kappa shape index (κ2) is 8.94.